The van der Waals surface area contributed by atoms with E-state index in [1.54, 1.807) is 22.9 Å². The van der Waals surface area contributed by atoms with Gasteiger partial charge in [0, 0.05) is 47.2 Å². The lowest BCUT2D eigenvalue weighted by Crippen LogP contribution is -2.63. The SMILES string of the molecule is CC(C)(C)C(=O)OCOP(=O)(OCOC(=O)C(C)(C)C)C(F)(F)c1ccc2sc(C(=O)N[C@@]3(C)CCCC[C@H]4CC[C@@H](C(=O)N5CC(c6ccccn6)C5)N4C3=O)cc2c1. The van der Waals surface area contributed by atoms with E-state index >= 15 is 8.78 Å². The first-order chi connectivity index (χ1) is 28.0. The number of pyridine rings is 1. The van der Waals surface area contributed by atoms with Crippen molar-refractivity contribution in [2.75, 3.05) is 26.7 Å². The number of rotatable bonds is 12. The van der Waals surface area contributed by atoms with Crippen LogP contribution in [0.25, 0.3) is 10.1 Å². The number of hydrogen-bond donors (Lipinski definition) is 1. The Morgan fingerprint density at radius 2 is 1.57 bits per heavy atom. The number of nitrogens with zero attached hydrogens (tertiary/aromatic N) is 3. The fraction of sp³-hybridized carbons (Fsp3) is 0.571. The van der Waals surface area contributed by atoms with Crippen LogP contribution < -0.4 is 5.32 Å². The second-order valence-electron chi connectivity index (χ2n) is 17.9. The molecule has 0 saturated carbocycles. The fourth-order valence-corrected chi connectivity index (χ4v) is 9.68. The summed E-state index contributed by atoms with van der Waals surface area (Å²) < 4.78 is 66.8. The van der Waals surface area contributed by atoms with Crippen molar-refractivity contribution >= 4 is 58.7 Å². The van der Waals surface area contributed by atoms with Crippen molar-refractivity contribution in [2.45, 2.75) is 116 Å². The average molecular weight is 875 g/mol. The van der Waals surface area contributed by atoms with Gasteiger partial charge in [-0.3, -0.25) is 42.6 Å². The van der Waals surface area contributed by atoms with E-state index in [0.29, 0.717) is 43.5 Å². The van der Waals surface area contributed by atoms with Crippen molar-refractivity contribution in [3.05, 3.63) is 64.8 Å². The molecule has 3 atom stereocenters. The van der Waals surface area contributed by atoms with E-state index < -0.39 is 72.7 Å². The number of alkyl halides is 2. The molecule has 1 aromatic carbocycles. The Hall–Kier alpha value is -4.31. The van der Waals surface area contributed by atoms with Crippen molar-refractivity contribution < 1.29 is 55.8 Å². The van der Waals surface area contributed by atoms with E-state index in [1.165, 1.54) is 53.7 Å². The van der Waals surface area contributed by atoms with Crippen molar-refractivity contribution in [3.8, 4) is 0 Å². The number of amides is 3. The number of likely N-dealkylation sites (tertiary alicyclic amines) is 1. The molecule has 3 fully saturated rings. The summed E-state index contributed by atoms with van der Waals surface area (Å²) in [6.07, 6.45) is 5.50. The van der Waals surface area contributed by atoms with Gasteiger partial charge in [-0.15, -0.1) is 11.3 Å². The summed E-state index contributed by atoms with van der Waals surface area (Å²) in [5.74, 6) is -2.54. The normalized spacial score (nSPS) is 21.8. The maximum absolute atomic E-state index is 16.3. The summed E-state index contributed by atoms with van der Waals surface area (Å²) in [6, 6.07) is 9.67. The molecular weight excluding hydrogens is 822 g/mol. The standard InChI is InChI=1S/C42H53F2N4O10PS/c1-39(2,3)37(52)55-24-57-59(54,58-25-56-38(53)40(4,5)6)42(43,44)28-14-17-32-26(20-28)21-33(60-32)34(49)46-41(7)18-10-8-12-29-15-16-31(48(29)36(41)51)35(50)47-22-27(23-47)30-13-9-11-19-45-30/h9,11,13-14,17,19-21,27,29,31H,8,10,12,15-16,18,22-25H2,1-7H3,(H,46,49)/t29-,31-,41-/m0/s1. The molecule has 326 valence electrons. The number of halogens is 2. The van der Waals surface area contributed by atoms with E-state index in [4.69, 9.17) is 18.5 Å². The van der Waals surface area contributed by atoms with E-state index in [2.05, 4.69) is 10.3 Å². The van der Waals surface area contributed by atoms with Crippen LogP contribution >= 0.6 is 18.9 Å². The Morgan fingerprint density at radius 1 is 0.917 bits per heavy atom. The number of hydrogen-bond acceptors (Lipinski definition) is 12. The zero-order valence-electron chi connectivity index (χ0n) is 35.0. The highest BCUT2D eigenvalue weighted by Gasteiger charge is 2.56. The molecule has 6 rings (SSSR count). The Kier molecular flexibility index (Phi) is 13.0. The van der Waals surface area contributed by atoms with Crippen molar-refractivity contribution in [3.63, 3.8) is 0 Å². The fourth-order valence-electron chi connectivity index (χ4n) is 7.50. The molecule has 3 amide bonds. The van der Waals surface area contributed by atoms with Gasteiger partial charge in [-0.2, -0.15) is 8.78 Å². The van der Waals surface area contributed by atoms with Crippen LogP contribution in [0.3, 0.4) is 0 Å². The largest absolute Gasteiger partial charge is 0.438 e. The number of carbonyl (C=O) groups is 5. The molecular formula is C42H53F2N4O10PS. The van der Waals surface area contributed by atoms with Crippen LogP contribution in [0.4, 0.5) is 8.78 Å². The monoisotopic (exact) mass is 874 g/mol. The molecule has 18 heteroatoms. The summed E-state index contributed by atoms with van der Waals surface area (Å²) in [7, 11) is -5.58. The number of esters is 2. The predicted molar refractivity (Wildman–Crippen MR) is 218 cm³/mol. The van der Waals surface area contributed by atoms with Gasteiger partial charge in [0.15, 0.2) is 0 Å². The van der Waals surface area contributed by atoms with Gasteiger partial charge >= 0.3 is 25.2 Å². The lowest BCUT2D eigenvalue weighted by molar-refractivity contribution is -0.163. The van der Waals surface area contributed by atoms with Gasteiger partial charge in [-0.25, -0.2) is 0 Å². The Morgan fingerprint density at radius 3 is 2.17 bits per heavy atom. The van der Waals surface area contributed by atoms with Crippen molar-refractivity contribution in [1.82, 2.24) is 20.1 Å². The van der Waals surface area contributed by atoms with Gasteiger partial charge in [-0.1, -0.05) is 25.0 Å². The van der Waals surface area contributed by atoms with Crippen LogP contribution in [0.2, 0.25) is 0 Å². The number of ether oxygens (including phenoxy) is 2. The van der Waals surface area contributed by atoms with E-state index in [0.717, 1.165) is 42.0 Å². The van der Waals surface area contributed by atoms with Crippen LogP contribution in [-0.4, -0.2) is 88.7 Å². The first-order valence-electron chi connectivity index (χ1n) is 20.0. The number of carbonyl (C=O) groups excluding carboxylic acids is 5. The molecule has 5 heterocycles. The van der Waals surface area contributed by atoms with Gasteiger partial charge in [0.25, 0.3) is 5.91 Å². The first kappa shape index (κ1) is 45.2. The Bertz CT molecular complexity index is 2130. The molecule has 0 unspecified atom stereocenters. The number of benzene rings is 1. The van der Waals surface area contributed by atoms with Gasteiger partial charge < -0.3 is 24.6 Å². The van der Waals surface area contributed by atoms with E-state index in [9.17, 15) is 28.5 Å². The van der Waals surface area contributed by atoms with Crippen LogP contribution in [0.15, 0.2) is 48.7 Å². The van der Waals surface area contributed by atoms with Gasteiger partial charge in [-0.05, 0) is 110 Å². The second-order valence-corrected chi connectivity index (χ2v) is 21.1. The third-order valence-corrected chi connectivity index (χ3v) is 14.1. The molecule has 14 nitrogen and oxygen atoms in total. The average Bonchev–Trinajstić information content (AvgIpc) is 3.79. The molecule has 0 spiro atoms. The topological polar surface area (TPSA) is 171 Å². The third kappa shape index (κ3) is 9.44. The molecule has 0 aliphatic carbocycles. The van der Waals surface area contributed by atoms with Crippen LogP contribution in [-0.2, 0) is 47.9 Å². The molecule has 0 bridgehead atoms. The summed E-state index contributed by atoms with van der Waals surface area (Å²) in [6.45, 7) is 9.59. The number of nitrogens with one attached hydrogen (secondary N) is 1. The molecule has 2 aromatic heterocycles. The summed E-state index contributed by atoms with van der Waals surface area (Å²) >= 11 is 1.01. The van der Waals surface area contributed by atoms with E-state index in [1.807, 2.05) is 18.2 Å². The molecule has 3 aliphatic rings. The van der Waals surface area contributed by atoms with Gasteiger partial charge in [0.05, 0.1) is 15.7 Å². The predicted octanol–water partition coefficient (Wildman–Crippen LogP) is 7.71. The minimum absolute atomic E-state index is 0.110. The molecule has 1 N–H and O–H groups in total. The van der Waals surface area contributed by atoms with Crippen molar-refractivity contribution in [2.24, 2.45) is 10.8 Å². The molecule has 0 radical (unpaired) electrons. The van der Waals surface area contributed by atoms with Gasteiger partial charge in [0.1, 0.15) is 11.6 Å². The smallest absolute Gasteiger partial charge is 0.410 e. The van der Waals surface area contributed by atoms with Crippen LogP contribution in [0.5, 0.6) is 0 Å². The highest BCUT2D eigenvalue weighted by Crippen LogP contribution is 2.67. The van der Waals surface area contributed by atoms with Crippen molar-refractivity contribution in [1.29, 1.82) is 0 Å². The number of thiophene rings is 1. The molecule has 3 saturated heterocycles. The molecule has 3 aromatic rings. The van der Waals surface area contributed by atoms with E-state index in [-0.39, 0.29) is 34.0 Å². The maximum atomic E-state index is 16.3. The summed E-state index contributed by atoms with van der Waals surface area (Å²) in [4.78, 5) is 74.9. The zero-order chi connectivity index (χ0) is 43.8. The maximum Gasteiger partial charge on any atom is 0.410 e. The number of aromatic nitrogens is 1. The summed E-state index contributed by atoms with van der Waals surface area (Å²) in [5, 5.41) is 3.13. The number of fused-ring (bicyclic) bond motifs is 2. The minimum atomic E-state index is -5.58. The zero-order valence-corrected chi connectivity index (χ0v) is 36.7. The lowest BCUT2D eigenvalue weighted by atomic mass is 9.88. The Balaban J connectivity index is 1.18. The first-order valence-corrected chi connectivity index (χ1v) is 22.4. The highest BCUT2D eigenvalue weighted by atomic mass is 32.1. The quantitative estimate of drug-likeness (QED) is 0.107. The Labute approximate surface area is 352 Å². The van der Waals surface area contributed by atoms with Crippen LogP contribution in [0, 0.1) is 10.8 Å². The van der Waals surface area contributed by atoms with Gasteiger partial charge in [0.2, 0.25) is 25.4 Å². The molecule has 3 aliphatic heterocycles. The third-order valence-electron chi connectivity index (χ3n) is 11.1. The summed E-state index contributed by atoms with van der Waals surface area (Å²) in [5.41, 5.74) is -7.65. The van der Waals surface area contributed by atoms with Crippen LogP contribution in [0.1, 0.15) is 114 Å². The molecule has 60 heavy (non-hydrogen) atoms. The highest BCUT2D eigenvalue weighted by molar-refractivity contribution is 7.54. The second kappa shape index (κ2) is 17.2. The minimum Gasteiger partial charge on any atom is -0.438 e. The lowest BCUT2D eigenvalue weighted by Gasteiger charge is -2.44.